The number of carbonyl (C=O) groups excluding carboxylic acids is 4. The summed E-state index contributed by atoms with van der Waals surface area (Å²) >= 11 is 0. The lowest BCUT2D eigenvalue weighted by Gasteiger charge is -2.35. The quantitative estimate of drug-likeness (QED) is 0.111. The van der Waals surface area contributed by atoms with Crippen molar-refractivity contribution in [2.24, 2.45) is 11.8 Å². The Labute approximate surface area is 222 Å². The van der Waals surface area contributed by atoms with E-state index in [1.165, 1.54) is 11.8 Å². The minimum atomic E-state index is -2.36. The lowest BCUT2D eigenvalue weighted by atomic mass is 9.92. The first-order valence-corrected chi connectivity index (χ1v) is 13.2. The van der Waals surface area contributed by atoms with Crippen LogP contribution in [-0.2, 0) is 19.2 Å². The van der Waals surface area contributed by atoms with E-state index >= 15 is 0 Å². The third kappa shape index (κ3) is 12.6. The second-order valence-electron chi connectivity index (χ2n) is 10.8. The fraction of sp³-hybridized carbons (Fsp3) is 0.778. The van der Waals surface area contributed by atoms with Crippen LogP contribution < -0.4 is 16.0 Å². The van der Waals surface area contributed by atoms with Gasteiger partial charge in [0.1, 0.15) is 12.1 Å². The molecule has 0 rings (SSSR count). The van der Waals surface area contributed by atoms with Gasteiger partial charge in [-0.15, -0.1) is 0 Å². The average molecular weight is 527 g/mol. The minimum Gasteiger partial charge on any atom is -0.361 e. The Morgan fingerprint density at radius 2 is 1.51 bits per heavy atom. The number of hydrogen-bond donors (Lipinski definition) is 5. The summed E-state index contributed by atoms with van der Waals surface area (Å²) < 4.78 is 0. The van der Waals surface area contributed by atoms with Crippen LogP contribution in [0.4, 0.5) is 0 Å². The highest BCUT2D eigenvalue weighted by molar-refractivity contribution is 5.92. The second-order valence-corrected chi connectivity index (χ2v) is 10.8. The number of unbranched alkanes of at least 4 members (excludes halogenated alkanes) is 2. The number of carbonyl (C=O) groups is 4. The molecule has 0 aliphatic carbocycles. The normalized spacial score (nSPS) is 14.1. The zero-order valence-corrected chi connectivity index (χ0v) is 24.0. The van der Waals surface area contributed by atoms with E-state index in [0.717, 1.165) is 19.3 Å². The lowest BCUT2D eigenvalue weighted by molar-refractivity contribution is -0.161. The number of aliphatic hydroxyl groups is 2. The minimum absolute atomic E-state index is 0.00479. The van der Waals surface area contributed by atoms with E-state index in [1.54, 1.807) is 27.9 Å². The van der Waals surface area contributed by atoms with Crippen LogP contribution in [0.15, 0.2) is 12.2 Å². The van der Waals surface area contributed by atoms with Gasteiger partial charge in [-0.1, -0.05) is 54.0 Å². The van der Waals surface area contributed by atoms with Gasteiger partial charge in [-0.05, 0) is 43.6 Å². The molecule has 0 aliphatic rings. The summed E-state index contributed by atoms with van der Waals surface area (Å²) in [6, 6.07) is -3.09. The van der Waals surface area contributed by atoms with Crippen molar-refractivity contribution in [3.8, 4) is 0 Å². The smallest absolute Gasteiger partial charge is 0.243 e. The molecule has 214 valence electrons. The molecule has 0 aliphatic heterocycles. The van der Waals surface area contributed by atoms with E-state index in [-0.39, 0.29) is 48.5 Å². The van der Waals surface area contributed by atoms with Gasteiger partial charge in [0.15, 0.2) is 0 Å². The predicted octanol–water partition coefficient (Wildman–Crippen LogP) is 1.85. The number of hydrogen-bond acceptors (Lipinski definition) is 6. The van der Waals surface area contributed by atoms with E-state index in [9.17, 15) is 29.4 Å². The molecule has 10 heteroatoms. The van der Waals surface area contributed by atoms with Gasteiger partial charge in [0.05, 0.1) is 6.04 Å². The Balaban J connectivity index is 5.81. The van der Waals surface area contributed by atoms with Crippen LogP contribution in [0.3, 0.4) is 0 Å². The zero-order chi connectivity index (χ0) is 28.9. The van der Waals surface area contributed by atoms with Crippen molar-refractivity contribution in [1.82, 2.24) is 20.9 Å². The van der Waals surface area contributed by atoms with Gasteiger partial charge in [0.25, 0.3) is 0 Å². The number of nitrogens with one attached hydrogen (secondary N) is 3. The SMILES string of the molecule is C=C(C)C(O)(O)[C@H](CC(C)C)NC(=O)[C@H](CCC(=O)N(C)C)NC(=O)[C@@H](NC(=O)CCCCC)C(C)C. The summed E-state index contributed by atoms with van der Waals surface area (Å²) in [5.74, 6) is -4.26. The van der Waals surface area contributed by atoms with Crippen molar-refractivity contribution >= 4 is 23.6 Å². The molecule has 5 N–H and O–H groups in total. The van der Waals surface area contributed by atoms with Crippen LogP contribution in [0.25, 0.3) is 0 Å². The molecule has 0 aromatic rings. The van der Waals surface area contributed by atoms with E-state index in [2.05, 4.69) is 22.5 Å². The van der Waals surface area contributed by atoms with Gasteiger partial charge in [0, 0.05) is 26.9 Å². The standard InChI is InChI=1S/C27H50N4O6/c1-10-11-12-13-22(32)30-24(18(4)5)26(35)28-20(14-15-23(33)31(8)9)25(34)29-21(16-17(2)3)27(36,37)19(6)7/h17-18,20-21,24,36-37H,6,10-16H2,1-5,7-9H3,(H,28,35)(H,29,34)(H,30,32)/t20-,21-,24-/m0/s1. The second kappa shape index (κ2) is 16.4. The third-order valence-corrected chi connectivity index (χ3v) is 6.19. The number of nitrogens with zero attached hydrogens (tertiary/aromatic N) is 1. The first kappa shape index (κ1) is 34.5. The Bertz CT molecular complexity index is 779. The molecule has 3 atom stereocenters. The molecule has 0 fully saturated rings. The van der Waals surface area contributed by atoms with Crippen LogP contribution in [-0.4, -0.2) is 76.7 Å². The molecular weight excluding hydrogens is 476 g/mol. The first-order chi connectivity index (χ1) is 17.0. The van der Waals surface area contributed by atoms with Gasteiger partial charge >= 0.3 is 0 Å². The highest BCUT2D eigenvalue weighted by Gasteiger charge is 2.39. The van der Waals surface area contributed by atoms with Crippen LogP contribution >= 0.6 is 0 Å². The number of rotatable bonds is 17. The molecule has 0 bridgehead atoms. The van der Waals surface area contributed by atoms with Crippen molar-refractivity contribution in [1.29, 1.82) is 0 Å². The molecule has 10 nitrogen and oxygen atoms in total. The van der Waals surface area contributed by atoms with Crippen molar-refractivity contribution in [3.63, 3.8) is 0 Å². The summed E-state index contributed by atoms with van der Waals surface area (Å²) in [6.07, 6.45) is 3.12. The molecule has 37 heavy (non-hydrogen) atoms. The van der Waals surface area contributed by atoms with Gasteiger partial charge < -0.3 is 31.1 Å². The maximum Gasteiger partial charge on any atom is 0.243 e. The summed E-state index contributed by atoms with van der Waals surface area (Å²) in [7, 11) is 3.19. The van der Waals surface area contributed by atoms with Gasteiger partial charge in [-0.25, -0.2) is 0 Å². The van der Waals surface area contributed by atoms with Crippen molar-refractivity contribution in [3.05, 3.63) is 12.2 Å². The van der Waals surface area contributed by atoms with Crippen LogP contribution in [0.1, 0.15) is 86.5 Å². The van der Waals surface area contributed by atoms with Gasteiger partial charge in [0.2, 0.25) is 29.4 Å². The van der Waals surface area contributed by atoms with E-state index < -0.39 is 35.7 Å². The topological polar surface area (TPSA) is 148 Å². The van der Waals surface area contributed by atoms with E-state index in [4.69, 9.17) is 0 Å². The van der Waals surface area contributed by atoms with Crippen molar-refractivity contribution < 1.29 is 29.4 Å². The summed E-state index contributed by atoms with van der Waals surface area (Å²) in [5.41, 5.74) is 0.0625. The van der Waals surface area contributed by atoms with Gasteiger partial charge in [-0.2, -0.15) is 0 Å². The Hall–Kier alpha value is -2.46. The van der Waals surface area contributed by atoms with Crippen LogP contribution in [0.5, 0.6) is 0 Å². The molecular formula is C27H50N4O6. The zero-order valence-electron chi connectivity index (χ0n) is 24.0. The molecule has 0 radical (unpaired) electrons. The lowest BCUT2D eigenvalue weighted by Crippen LogP contribution is -2.60. The summed E-state index contributed by atoms with van der Waals surface area (Å²) in [4.78, 5) is 52.5. The molecule has 0 saturated carbocycles. The predicted molar refractivity (Wildman–Crippen MR) is 144 cm³/mol. The monoisotopic (exact) mass is 526 g/mol. The Morgan fingerprint density at radius 1 is 0.919 bits per heavy atom. The summed E-state index contributed by atoms with van der Waals surface area (Å²) in [6.45, 7) is 14.4. The maximum atomic E-state index is 13.3. The number of amides is 4. The first-order valence-electron chi connectivity index (χ1n) is 13.2. The fourth-order valence-corrected chi connectivity index (χ4v) is 3.70. The molecule has 0 aromatic carbocycles. The van der Waals surface area contributed by atoms with E-state index in [1.807, 2.05) is 20.8 Å². The van der Waals surface area contributed by atoms with Crippen molar-refractivity contribution in [2.45, 2.75) is 110 Å². The summed E-state index contributed by atoms with van der Waals surface area (Å²) in [5, 5.41) is 29.3. The van der Waals surface area contributed by atoms with Crippen LogP contribution in [0.2, 0.25) is 0 Å². The molecule has 0 unspecified atom stereocenters. The highest BCUT2D eigenvalue weighted by Crippen LogP contribution is 2.22. The Morgan fingerprint density at radius 3 is 1.97 bits per heavy atom. The van der Waals surface area contributed by atoms with Crippen LogP contribution in [0, 0.1) is 11.8 Å². The largest absolute Gasteiger partial charge is 0.361 e. The Kier molecular flexibility index (Phi) is 15.3. The van der Waals surface area contributed by atoms with Gasteiger partial charge in [-0.3, -0.25) is 19.2 Å². The molecule has 0 aromatic heterocycles. The highest BCUT2D eigenvalue weighted by atomic mass is 16.5. The molecule has 0 heterocycles. The van der Waals surface area contributed by atoms with Crippen molar-refractivity contribution in [2.75, 3.05) is 14.1 Å². The maximum absolute atomic E-state index is 13.3. The fourth-order valence-electron chi connectivity index (χ4n) is 3.70. The third-order valence-electron chi connectivity index (χ3n) is 6.19. The average Bonchev–Trinajstić information content (AvgIpc) is 2.78. The molecule has 0 spiro atoms. The van der Waals surface area contributed by atoms with E-state index in [0.29, 0.717) is 6.42 Å². The molecule has 4 amide bonds. The molecule has 0 saturated heterocycles.